The Balaban J connectivity index is 1.45. The van der Waals surface area contributed by atoms with Gasteiger partial charge >= 0.3 is 6.03 Å². The van der Waals surface area contributed by atoms with Gasteiger partial charge in [-0.15, -0.1) is 10.2 Å². The van der Waals surface area contributed by atoms with E-state index in [9.17, 15) is 4.79 Å². The van der Waals surface area contributed by atoms with E-state index in [-0.39, 0.29) is 18.3 Å². The van der Waals surface area contributed by atoms with Crippen molar-refractivity contribution in [3.05, 3.63) is 41.6 Å². The number of nitrogens with zero attached hydrogens (tertiary/aromatic N) is 6. The van der Waals surface area contributed by atoms with Gasteiger partial charge < -0.3 is 19.4 Å². The Morgan fingerprint density at radius 2 is 2.18 bits per heavy atom. The van der Waals surface area contributed by atoms with Gasteiger partial charge in [0.25, 0.3) is 0 Å². The normalized spacial score (nSPS) is 23.6. The van der Waals surface area contributed by atoms with Crippen molar-refractivity contribution in [1.29, 1.82) is 0 Å². The highest BCUT2D eigenvalue weighted by molar-refractivity contribution is 5.92. The fourth-order valence-corrected chi connectivity index (χ4v) is 5.42. The summed E-state index contributed by atoms with van der Waals surface area (Å²) in [5, 5.41) is 15.4. The molecular weight excluding hydrogens is 441 g/mol. The SMILES string of the molecule is CCc1cc(F)c(NC(=O)N2[C@@H]3C[C@@H](C)CC2(c2nnc(COC)o2)C3)cc1-c1ncn(C)n1. The smallest absolute Gasteiger partial charge is 0.323 e. The van der Waals surface area contributed by atoms with Gasteiger partial charge in [0.1, 0.15) is 24.3 Å². The molecule has 11 heteroatoms. The highest BCUT2D eigenvalue weighted by Crippen LogP contribution is 2.55. The number of amides is 2. The number of methoxy groups -OCH3 is 1. The molecule has 5 rings (SSSR count). The highest BCUT2D eigenvalue weighted by Gasteiger charge is 2.62. The van der Waals surface area contributed by atoms with Gasteiger partial charge in [-0.2, -0.15) is 5.10 Å². The van der Waals surface area contributed by atoms with E-state index in [0.29, 0.717) is 41.9 Å². The van der Waals surface area contributed by atoms with Crippen LogP contribution in [0.1, 0.15) is 50.5 Å². The number of rotatable bonds is 6. The maximum Gasteiger partial charge on any atom is 0.323 e. The number of carbonyl (C=O) groups excluding carboxylic acids is 1. The number of aromatic nitrogens is 5. The summed E-state index contributed by atoms with van der Waals surface area (Å²) in [7, 11) is 3.32. The van der Waals surface area contributed by atoms with Crippen molar-refractivity contribution in [2.45, 2.75) is 57.7 Å². The minimum atomic E-state index is -0.698. The van der Waals surface area contributed by atoms with E-state index >= 15 is 4.39 Å². The predicted molar refractivity (Wildman–Crippen MR) is 120 cm³/mol. The van der Waals surface area contributed by atoms with Gasteiger partial charge in [-0.05, 0) is 42.9 Å². The van der Waals surface area contributed by atoms with Crippen molar-refractivity contribution >= 4 is 11.7 Å². The average molecular weight is 470 g/mol. The second kappa shape index (κ2) is 8.46. The number of fused-ring (bicyclic) bond motifs is 2. The lowest BCUT2D eigenvalue weighted by Gasteiger charge is -2.61. The Hall–Kier alpha value is -3.34. The van der Waals surface area contributed by atoms with Crippen molar-refractivity contribution in [3.63, 3.8) is 0 Å². The van der Waals surface area contributed by atoms with Crippen LogP contribution in [0.25, 0.3) is 11.4 Å². The van der Waals surface area contributed by atoms with Crippen LogP contribution in [0, 0.1) is 11.7 Å². The summed E-state index contributed by atoms with van der Waals surface area (Å²) in [5.41, 5.74) is 0.845. The largest absolute Gasteiger partial charge is 0.420 e. The molecule has 1 unspecified atom stereocenters. The van der Waals surface area contributed by atoms with Gasteiger partial charge in [-0.3, -0.25) is 4.68 Å². The molecular formula is C23H28FN7O3. The molecule has 2 saturated heterocycles. The minimum Gasteiger partial charge on any atom is -0.420 e. The van der Waals surface area contributed by atoms with Crippen LogP contribution in [-0.4, -0.2) is 49.0 Å². The summed E-state index contributed by atoms with van der Waals surface area (Å²) in [6.07, 6.45) is 4.50. The number of urea groups is 1. The van der Waals surface area contributed by atoms with Crippen LogP contribution in [0.4, 0.5) is 14.9 Å². The third kappa shape index (κ3) is 3.64. The third-order valence-corrected chi connectivity index (χ3v) is 6.77. The Labute approximate surface area is 196 Å². The Kier molecular flexibility index (Phi) is 5.59. The van der Waals surface area contributed by atoms with E-state index in [1.54, 1.807) is 36.1 Å². The fraction of sp³-hybridized carbons (Fsp3) is 0.522. The van der Waals surface area contributed by atoms with E-state index in [1.807, 2.05) is 6.92 Å². The second-order valence-electron chi connectivity index (χ2n) is 9.25. The van der Waals surface area contributed by atoms with Crippen molar-refractivity contribution in [1.82, 2.24) is 29.9 Å². The number of nitrogens with one attached hydrogen (secondary N) is 1. The number of hydrogen-bond donors (Lipinski definition) is 1. The Morgan fingerprint density at radius 1 is 1.35 bits per heavy atom. The molecule has 0 radical (unpaired) electrons. The second-order valence-corrected chi connectivity index (χ2v) is 9.25. The van der Waals surface area contributed by atoms with Crippen LogP contribution < -0.4 is 5.32 Å². The molecule has 0 aliphatic carbocycles. The summed E-state index contributed by atoms with van der Waals surface area (Å²) < 4.78 is 27.5. The van der Waals surface area contributed by atoms with Gasteiger partial charge in [0.05, 0.1) is 5.69 Å². The molecule has 2 bridgehead atoms. The summed E-state index contributed by atoms with van der Waals surface area (Å²) in [5.74, 6) is 1.14. The highest BCUT2D eigenvalue weighted by atomic mass is 19.1. The van der Waals surface area contributed by atoms with Crippen LogP contribution >= 0.6 is 0 Å². The lowest BCUT2D eigenvalue weighted by molar-refractivity contribution is -0.110. The quantitative estimate of drug-likeness (QED) is 0.587. The minimum absolute atomic E-state index is 0.0245. The zero-order valence-corrected chi connectivity index (χ0v) is 19.7. The van der Waals surface area contributed by atoms with Crippen molar-refractivity contribution in [3.8, 4) is 11.4 Å². The van der Waals surface area contributed by atoms with Crippen molar-refractivity contribution in [2.75, 3.05) is 12.4 Å². The molecule has 1 N–H and O–H groups in total. The average Bonchev–Trinajstić information content (AvgIpc) is 3.44. The van der Waals surface area contributed by atoms with Crippen LogP contribution in [-0.2, 0) is 30.4 Å². The van der Waals surface area contributed by atoms with Crippen molar-refractivity contribution < 1.29 is 18.3 Å². The molecule has 2 amide bonds. The Bertz CT molecular complexity index is 1230. The summed E-state index contributed by atoms with van der Waals surface area (Å²) in [4.78, 5) is 19.5. The molecule has 180 valence electrons. The van der Waals surface area contributed by atoms with Gasteiger partial charge in [0, 0.05) is 32.2 Å². The van der Waals surface area contributed by atoms with E-state index in [1.165, 1.54) is 6.07 Å². The molecule has 2 aliphatic rings. The number of halogens is 1. The lowest BCUT2D eigenvalue weighted by atomic mass is 9.64. The molecule has 4 heterocycles. The summed E-state index contributed by atoms with van der Waals surface area (Å²) in [6.45, 7) is 4.29. The van der Waals surface area contributed by atoms with Crippen LogP contribution in [0.15, 0.2) is 22.9 Å². The first-order valence-electron chi connectivity index (χ1n) is 11.4. The number of carbonyl (C=O) groups is 1. The monoisotopic (exact) mass is 469 g/mol. The fourth-order valence-electron chi connectivity index (χ4n) is 5.42. The summed E-state index contributed by atoms with van der Waals surface area (Å²) in [6, 6.07) is 2.68. The van der Waals surface area contributed by atoms with Crippen LogP contribution in [0.2, 0.25) is 0 Å². The number of benzene rings is 1. The lowest BCUT2D eigenvalue weighted by Crippen LogP contribution is -2.70. The van der Waals surface area contributed by atoms with Gasteiger partial charge in [0.2, 0.25) is 11.8 Å². The number of piperidine rings is 1. The first kappa shape index (κ1) is 22.5. The van der Waals surface area contributed by atoms with E-state index < -0.39 is 17.4 Å². The molecule has 3 atom stereocenters. The molecule has 0 spiro atoms. The topological polar surface area (TPSA) is 111 Å². The maximum absolute atomic E-state index is 15.0. The van der Waals surface area contributed by atoms with E-state index in [4.69, 9.17) is 9.15 Å². The molecule has 1 aromatic carbocycles. The van der Waals surface area contributed by atoms with Crippen LogP contribution in [0.5, 0.6) is 0 Å². The zero-order chi connectivity index (χ0) is 24.0. The molecule has 2 aliphatic heterocycles. The van der Waals surface area contributed by atoms with Crippen LogP contribution in [0.3, 0.4) is 0 Å². The molecule has 34 heavy (non-hydrogen) atoms. The standard InChI is InChI=1S/C23H28FN7O3/c1-5-14-7-17(24)18(8-16(14)20-25-12-30(3)29-20)26-22(32)31-15-6-13(2)9-23(31,10-15)21-28-27-19(34-21)11-33-4/h7-8,12-13,15H,5-6,9-11H2,1-4H3,(H,26,32)/t13-,15-,23?/m1/s1. The van der Waals surface area contributed by atoms with Gasteiger partial charge in [-0.1, -0.05) is 13.8 Å². The number of hydrogen-bond acceptors (Lipinski definition) is 7. The maximum atomic E-state index is 15.0. The van der Waals surface area contributed by atoms with Crippen molar-refractivity contribution in [2.24, 2.45) is 13.0 Å². The Morgan fingerprint density at radius 3 is 2.88 bits per heavy atom. The molecule has 2 aromatic heterocycles. The molecule has 10 nitrogen and oxygen atoms in total. The first-order valence-corrected chi connectivity index (χ1v) is 11.4. The first-order chi connectivity index (χ1) is 16.3. The van der Waals surface area contributed by atoms with Gasteiger partial charge in [0.15, 0.2) is 5.82 Å². The predicted octanol–water partition coefficient (Wildman–Crippen LogP) is 3.64. The number of anilines is 1. The molecule has 3 aromatic rings. The molecule has 2 fully saturated rings. The number of aryl methyl sites for hydroxylation is 2. The summed E-state index contributed by atoms with van der Waals surface area (Å²) >= 11 is 0. The van der Waals surface area contributed by atoms with Gasteiger partial charge in [-0.25, -0.2) is 14.2 Å². The third-order valence-electron chi connectivity index (χ3n) is 6.77. The van der Waals surface area contributed by atoms with E-state index in [2.05, 4.69) is 32.5 Å². The molecule has 0 saturated carbocycles. The zero-order valence-electron chi connectivity index (χ0n) is 19.7. The number of ether oxygens (including phenoxy) is 1. The van der Waals surface area contributed by atoms with E-state index in [0.717, 1.165) is 18.4 Å².